The molecule has 0 radical (unpaired) electrons. The second-order valence-corrected chi connectivity index (χ2v) is 6.72. The topological polar surface area (TPSA) is 49.8 Å². The summed E-state index contributed by atoms with van der Waals surface area (Å²) < 4.78 is 5.75. The molecule has 0 bridgehead atoms. The molecule has 0 spiro atoms. The van der Waals surface area contributed by atoms with Crippen molar-refractivity contribution in [2.75, 3.05) is 6.61 Å². The molecule has 0 aromatic heterocycles. The molecule has 1 amide bonds. The maximum atomic E-state index is 12.5. The molecule has 2 heterocycles. The molecule has 2 aliphatic rings. The molecule has 0 saturated carbocycles. The van der Waals surface area contributed by atoms with E-state index in [4.69, 9.17) is 4.74 Å². The van der Waals surface area contributed by atoms with Crippen LogP contribution in [0.2, 0.25) is 0 Å². The Balaban J connectivity index is 1.76. The minimum atomic E-state index is -0.627. The van der Waals surface area contributed by atoms with Crippen LogP contribution in [0, 0.1) is 11.8 Å². The first-order valence-electron chi connectivity index (χ1n) is 7.61. The van der Waals surface area contributed by atoms with Crippen LogP contribution in [-0.4, -0.2) is 40.4 Å². The van der Waals surface area contributed by atoms with Crippen molar-refractivity contribution in [1.29, 1.82) is 0 Å². The van der Waals surface area contributed by atoms with E-state index in [-0.39, 0.29) is 23.8 Å². The molecule has 2 saturated heterocycles. The molecular weight excluding hydrogens is 266 g/mol. The lowest BCUT2D eigenvalue weighted by molar-refractivity contribution is -0.255. The number of rotatable bonds is 3. The van der Waals surface area contributed by atoms with E-state index in [1.165, 1.54) is 0 Å². The lowest BCUT2D eigenvalue weighted by atomic mass is 9.72. The second-order valence-electron chi connectivity index (χ2n) is 6.72. The van der Waals surface area contributed by atoms with Crippen LogP contribution in [0.25, 0.3) is 0 Å². The van der Waals surface area contributed by atoms with Gasteiger partial charge >= 0.3 is 0 Å². The van der Waals surface area contributed by atoms with E-state index in [0.717, 1.165) is 5.56 Å². The Morgan fingerprint density at radius 3 is 2.71 bits per heavy atom. The third-order valence-electron chi connectivity index (χ3n) is 4.75. The Labute approximate surface area is 125 Å². The number of carbonyl (C=O) groups is 1. The van der Waals surface area contributed by atoms with Crippen LogP contribution in [0.3, 0.4) is 0 Å². The van der Waals surface area contributed by atoms with E-state index in [9.17, 15) is 9.90 Å². The Bertz CT molecular complexity index is 528. The van der Waals surface area contributed by atoms with Gasteiger partial charge in [0.2, 0.25) is 5.91 Å². The Hall–Kier alpha value is -1.39. The van der Waals surface area contributed by atoms with Gasteiger partial charge in [0.1, 0.15) is 5.72 Å². The van der Waals surface area contributed by atoms with Gasteiger partial charge in [0.15, 0.2) is 0 Å². The van der Waals surface area contributed by atoms with Gasteiger partial charge in [-0.15, -0.1) is 0 Å². The second kappa shape index (κ2) is 5.11. The third-order valence-corrected chi connectivity index (χ3v) is 4.75. The van der Waals surface area contributed by atoms with Gasteiger partial charge in [-0.2, -0.15) is 0 Å². The highest BCUT2D eigenvalue weighted by Gasteiger charge is 2.60. The summed E-state index contributed by atoms with van der Waals surface area (Å²) in [5.41, 5.74) is 0.507. The Kier molecular flexibility index (Phi) is 3.54. The lowest BCUT2D eigenvalue weighted by Crippen LogP contribution is -2.76. The summed E-state index contributed by atoms with van der Waals surface area (Å²) in [6.45, 7) is 6.56. The van der Waals surface area contributed by atoms with Gasteiger partial charge in [-0.1, -0.05) is 37.3 Å². The summed E-state index contributed by atoms with van der Waals surface area (Å²) in [5.74, 6) is -0.0329. The van der Waals surface area contributed by atoms with Gasteiger partial charge < -0.3 is 14.7 Å². The zero-order chi connectivity index (χ0) is 15.2. The zero-order valence-electron chi connectivity index (χ0n) is 12.8. The van der Waals surface area contributed by atoms with Crippen LogP contribution in [0.4, 0.5) is 0 Å². The average molecular weight is 289 g/mol. The van der Waals surface area contributed by atoms with Gasteiger partial charge in [-0.3, -0.25) is 4.79 Å². The standard InChI is InChI=1S/C17H23NO3/c1-11-10-21-17(2,3)18-15(11)14(16(18)20)13(19)9-12-7-5-4-6-8-12/h4-8,11,13-15,19H,9-10H2,1-3H3. The summed E-state index contributed by atoms with van der Waals surface area (Å²) in [5, 5.41) is 10.5. The molecule has 21 heavy (non-hydrogen) atoms. The van der Waals surface area contributed by atoms with Crippen molar-refractivity contribution in [1.82, 2.24) is 4.90 Å². The fourth-order valence-electron chi connectivity index (χ4n) is 3.64. The van der Waals surface area contributed by atoms with Crippen LogP contribution in [-0.2, 0) is 16.0 Å². The molecule has 2 fully saturated rings. The van der Waals surface area contributed by atoms with Gasteiger partial charge in [0.25, 0.3) is 0 Å². The van der Waals surface area contributed by atoms with Crippen LogP contribution >= 0.6 is 0 Å². The van der Waals surface area contributed by atoms with E-state index in [2.05, 4.69) is 6.92 Å². The van der Waals surface area contributed by atoms with Crippen LogP contribution < -0.4 is 0 Å². The summed E-state index contributed by atoms with van der Waals surface area (Å²) in [6.07, 6.45) is -0.104. The number of amides is 1. The molecule has 4 atom stereocenters. The smallest absolute Gasteiger partial charge is 0.232 e. The molecular formula is C17H23NO3. The van der Waals surface area contributed by atoms with E-state index in [1.807, 2.05) is 44.2 Å². The van der Waals surface area contributed by atoms with Crippen molar-refractivity contribution in [3.8, 4) is 0 Å². The highest BCUT2D eigenvalue weighted by molar-refractivity contribution is 5.87. The van der Waals surface area contributed by atoms with Crippen LogP contribution in [0.15, 0.2) is 30.3 Å². The largest absolute Gasteiger partial charge is 0.392 e. The monoisotopic (exact) mass is 289 g/mol. The molecule has 1 N–H and O–H groups in total. The van der Waals surface area contributed by atoms with Crippen molar-refractivity contribution < 1.29 is 14.6 Å². The number of benzene rings is 1. The summed E-state index contributed by atoms with van der Waals surface area (Å²) in [7, 11) is 0. The molecule has 0 aliphatic carbocycles. The fraction of sp³-hybridized carbons (Fsp3) is 0.588. The Morgan fingerprint density at radius 2 is 2.05 bits per heavy atom. The van der Waals surface area contributed by atoms with Crippen molar-refractivity contribution in [3.63, 3.8) is 0 Å². The number of aliphatic hydroxyl groups excluding tert-OH is 1. The average Bonchev–Trinajstić information content (AvgIpc) is 2.42. The molecule has 1 aromatic carbocycles. The molecule has 3 rings (SSSR count). The van der Waals surface area contributed by atoms with E-state index in [0.29, 0.717) is 13.0 Å². The summed E-state index contributed by atoms with van der Waals surface area (Å²) >= 11 is 0. The number of fused-ring (bicyclic) bond motifs is 1. The Morgan fingerprint density at radius 1 is 1.38 bits per heavy atom. The van der Waals surface area contributed by atoms with Crippen LogP contribution in [0.5, 0.6) is 0 Å². The number of nitrogens with zero attached hydrogens (tertiary/aromatic N) is 1. The van der Waals surface area contributed by atoms with E-state index < -0.39 is 11.8 Å². The number of ether oxygens (including phenoxy) is 1. The first kappa shape index (κ1) is 14.5. The van der Waals surface area contributed by atoms with E-state index in [1.54, 1.807) is 4.90 Å². The van der Waals surface area contributed by atoms with Gasteiger partial charge in [0, 0.05) is 5.92 Å². The number of hydrogen-bond acceptors (Lipinski definition) is 3. The van der Waals surface area contributed by atoms with E-state index >= 15 is 0 Å². The third kappa shape index (κ3) is 2.36. The summed E-state index contributed by atoms with van der Waals surface area (Å²) in [4.78, 5) is 14.3. The van der Waals surface area contributed by atoms with Crippen molar-refractivity contribution >= 4 is 5.91 Å². The predicted molar refractivity (Wildman–Crippen MR) is 79.5 cm³/mol. The molecule has 114 valence electrons. The maximum Gasteiger partial charge on any atom is 0.232 e. The molecule has 4 unspecified atom stereocenters. The first-order valence-corrected chi connectivity index (χ1v) is 7.61. The zero-order valence-corrected chi connectivity index (χ0v) is 12.8. The first-order chi connectivity index (χ1) is 9.92. The van der Waals surface area contributed by atoms with Gasteiger partial charge in [-0.25, -0.2) is 0 Å². The minimum Gasteiger partial charge on any atom is -0.392 e. The number of hydrogen-bond donors (Lipinski definition) is 1. The molecule has 4 nitrogen and oxygen atoms in total. The van der Waals surface area contributed by atoms with Gasteiger partial charge in [0.05, 0.1) is 24.7 Å². The van der Waals surface area contributed by atoms with Crippen molar-refractivity contribution in [3.05, 3.63) is 35.9 Å². The summed E-state index contributed by atoms with van der Waals surface area (Å²) in [6, 6.07) is 9.92. The minimum absolute atomic E-state index is 0.0139. The highest BCUT2D eigenvalue weighted by Crippen LogP contribution is 2.44. The molecule has 1 aromatic rings. The highest BCUT2D eigenvalue weighted by atomic mass is 16.5. The quantitative estimate of drug-likeness (QED) is 0.864. The lowest BCUT2D eigenvalue weighted by Gasteiger charge is -2.60. The maximum absolute atomic E-state index is 12.5. The molecule has 4 heteroatoms. The number of aliphatic hydroxyl groups is 1. The van der Waals surface area contributed by atoms with Gasteiger partial charge in [-0.05, 0) is 25.8 Å². The molecule has 2 aliphatic heterocycles. The number of carbonyl (C=O) groups excluding carboxylic acids is 1. The normalized spacial score (nSPS) is 32.3. The predicted octanol–water partition coefficient (Wildman–Crippen LogP) is 1.82. The number of β-lactam (4-membered cyclic amide) rings is 1. The fourth-order valence-corrected chi connectivity index (χ4v) is 3.64. The SMILES string of the molecule is CC1COC(C)(C)N2C(=O)C(C(O)Cc3ccccc3)C12. The van der Waals surface area contributed by atoms with Crippen molar-refractivity contribution in [2.45, 2.75) is 45.1 Å². The van der Waals surface area contributed by atoms with Crippen LogP contribution in [0.1, 0.15) is 26.3 Å². The van der Waals surface area contributed by atoms with Crippen molar-refractivity contribution in [2.24, 2.45) is 11.8 Å².